The minimum absolute atomic E-state index is 0.106. The molecule has 0 unspecified atom stereocenters. The average Bonchev–Trinajstić information content (AvgIpc) is 2.68. The Morgan fingerprint density at radius 3 is 2.32 bits per heavy atom. The Hall–Kier alpha value is -1.51. The van der Waals surface area contributed by atoms with Crippen molar-refractivity contribution in [3.8, 4) is 0 Å². The van der Waals surface area contributed by atoms with Crippen LogP contribution in [0.4, 0.5) is 0 Å². The fourth-order valence-electron chi connectivity index (χ4n) is 2.63. The van der Waals surface area contributed by atoms with E-state index < -0.39 is 0 Å². The Labute approximate surface area is 114 Å². The summed E-state index contributed by atoms with van der Waals surface area (Å²) >= 11 is 0. The van der Waals surface area contributed by atoms with Crippen LogP contribution in [0.3, 0.4) is 0 Å². The second kappa shape index (κ2) is 6.60. The number of para-hydroxylation sites is 2. The molecule has 1 aromatic heterocycles. The molecule has 0 spiro atoms. The van der Waals surface area contributed by atoms with Gasteiger partial charge in [0.25, 0.3) is 0 Å². The van der Waals surface area contributed by atoms with E-state index in [0.717, 1.165) is 24.0 Å². The van der Waals surface area contributed by atoms with Crippen molar-refractivity contribution in [2.45, 2.75) is 52.0 Å². The summed E-state index contributed by atoms with van der Waals surface area (Å²) in [5.41, 5.74) is 2.19. The highest BCUT2D eigenvalue weighted by atomic mass is 16.1. The quantitative estimate of drug-likeness (QED) is 0.697. The Kier molecular flexibility index (Phi) is 4.83. The van der Waals surface area contributed by atoms with Gasteiger partial charge in [-0.3, -0.25) is 9.13 Å². The van der Waals surface area contributed by atoms with Crippen molar-refractivity contribution in [3.63, 3.8) is 0 Å². The van der Waals surface area contributed by atoms with Crippen LogP contribution in [0.5, 0.6) is 0 Å². The third-order valence-electron chi connectivity index (χ3n) is 3.79. The van der Waals surface area contributed by atoms with Gasteiger partial charge >= 0.3 is 5.69 Å². The van der Waals surface area contributed by atoms with Crippen molar-refractivity contribution in [2.24, 2.45) is 7.05 Å². The van der Waals surface area contributed by atoms with E-state index in [1.165, 1.54) is 32.1 Å². The molecule has 3 nitrogen and oxygen atoms in total. The van der Waals surface area contributed by atoms with Crippen LogP contribution < -0.4 is 5.69 Å². The van der Waals surface area contributed by atoms with Crippen LogP contribution in [0, 0.1) is 0 Å². The molecular weight excluding hydrogens is 236 g/mol. The minimum atomic E-state index is 0.106. The third-order valence-corrected chi connectivity index (χ3v) is 3.79. The topological polar surface area (TPSA) is 26.9 Å². The number of benzene rings is 1. The minimum Gasteiger partial charge on any atom is -0.295 e. The van der Waals surface area contributed by atoms with Gasteiger partial charge in [0.05, 0.1) is 11.0 Å². The zero-order chi connectivity index (χ0) is 13.7. The molecule has 0 aliphatic heterocycles. The highest BCUT2D eigenvalue weighted by molar-refractivity contribution is 5.75. The lowest BCUT2D eigenvalue weighted by molar-refractivity contribution is 0.552. The molecule has 19 heavy (non-hydrogen) atoms. The number of hydrogen-bond donors (Lipinski definition) is 0. The number of aromatic nitrogens is 2. The summed E-state index contributed by atoms with van der Waals surface area (Å²) in [6.45, 7) is 3.07. The van der Waals surface area contributed by atoms with Crippen LogP contribution in [-0.2, 0) is 13.6 Å². The maximum Gasteiger partial charge on any atom is 0.328 e. The molecule has 3 heteroatoms. The van der Waals surface area contributed by atoms with E-state index in [9.17, 15) is 4.79 Å². The molecule has 0 amide bonds. The average molecular weight is 260 g/mol. The Morgan fingerprint density at radius 1 is 0.947 bits per heavy atom. The number of fused-ring (bicyclic) bond motifs is 1. The molecule has 0 aliphatic carbocycles. The number of hydrogen-bond acceptors (Lipinski definition) is 1. The Morgan fingerprint density at radius 2 is 1.58 bits per heavy atom. The maximum absolute atomic E-state index is 12.2. The molecule has 2 aromatic rings. The van der Waals surface area contributed by atoms with Gasteiger partial charge in [0.1, 0.15) is 0 Å². The molecule has 0 fully saturated rings. The van der Waals surface area contributed by atoms with Crippen LogP contribution in [0.25, 0.3) is 11.0 Å². The van der Waals surface area contributed by atoms with Crippen molar-refractivity contribution < 1.29 is 0 Å². The summed E-state index contributed by atoms with van der Waals surface area (Å²) in [4.78, 5) is 12.2. The van der Waals surface area contributed by atoms with Gasteiger partial charge in [-0.15, -0.1) is 0 Å². The van der Waals surface area contributed by atoms with Crippen molar-refractivity contribution in [3.05, 3.63) is 34.7 Å². The summed E-state index contributed by atoms with van der Waals surface area (Å²) in [6.07, 6.45) is 7.53. The van der Waals surface area contributed by atoms with Gasteiger partial charge in [0, 0.05) is 13.6 Å². The third kappa shape index (κ3) is 3.09. The lowest BCUT2D eigenvalue weighted by Gasteiger charge is -2.03. The molecule has 0 aliphatic rings. The summed E-state index contributed by atoms with van der Waals surface area (Å²) in [6, 6.07) is 8.03. The van der Waals surface area contributed by atoms with Crippen molar-refractivity contribution in [2.75, 3.05) is 0 Å². The standard InChI is InChI=1S/C16H24N2O/c1-3-4-5-6-7-10-13-18-15-12-9-8-11-14(15)17(2)16(18)19/h8-9,11-12H,3-7,10,13H2,1-2H3. The van der Waals surface area contributed by atoms with Crippen molar-refractivity contribution in [1.82, 2.24) is 9.13 Å². The molecule has 0 saturated heterocycles. The summed E-state index contributed by atoms with van der Waals surface area (Å²) in [7, 11) is 1.85. The molecule has 0 saturated carbocycles. The van der Waals surface area contributed by atoms with E-state index >= 15 is 0 Å². The summed E-state index contributed by atoms with van der Waals surface area (Å²) in [5, 5.41) is 0. The SMILES string of the molecule is CCCCCCCCn1c(=O)n(C)c2ccccc21. The van der Waals surface area contributed by atoms with Crippen LogP contribution in [-0.4, -0.2) is 9.13 Å². The van der Waals surface area contributed by atoms with Gasteiger partial charge in [-0.1, -0.05) is 51.2 Å². The van der Waals surface area contributed by atoms with Gasteiger partial charge in [0.2, 0.25) is 0 Å². The highest BCUT2D eigenvalue weighted by Crippen LogP contribution is 2.13. The lowest BCUT2D eigenvalue weighted by atomic mass is 10.1. The maximum atomic E-state index is 12.2. The monoisotopic (exact) mass is 260 g/mol. The van der Waals surface area contributed by atoms with E-state index in [1.54, 1.807) is 4.57 Å². The zero-order valence-corrected chi connectivity index (χ0v) is 12.1. The van der Waals surface area contributed by atoms with Crippen molar-refractivity contribution in [1.29, 1.82) is 0 Å². The van der Waals surface area contributed by atoms with Gasteiger partial charge in [-0.05, 0) is 18.6 Å². The van der Waals surface area contributed by atoms with Crippen LogP contribution in [0.15, 0.2) is 29.1 Å². The van der Waals surface area contributed by atoms with E-state index in [1.807, 2.05) is 35.9 Å². The molecule has 0 atom stereocenters. The fraction of sp³-hybridized carbons (Fsp3) is 0.562. The number of unbranched alkanes of at least 4 members (excludes halogenated alkanes) is 5. The first kappa shape index (κ1) is 13.9. The van der Waals surface area contributed by atoms with E-state index in [4.69, 9.17) is 0 Å². The normalized spacial score (nSPS) is 11.3. The van der Waals surface area contributed by atoms with Crippen LogP contribution in [0.2, 0.25) is 0 Å². The van der Waals surface area contributed by atoms with Crippen LogP contribution in [0.1, 0.15) is 45.4 Å². The van der Waals surface area contributed by atoms with Crippen LogP contribution >= 0.6 is 0 Å². The number of imidazole rings is 1. The van der Waals surface area contributed by atoms with Gasteiger partial charge in [-0.25, -0.2) is 4.79 Å². The molecular formula is C16H24N2O. The highest BCUT2D eigenvalue weighted by Gasteiger charge is 2.08. The van der Waals surface area contributed by atoms with E-state index in [-0.39, 0.29) is 5.69 Å². The lowest BCUT2D eigenvalue weighted by Crippen LogP contribution is -2.22. The van der Waals surface area contributed by atoms with E-state index in [0.29, 0.717) is 0 Å². The Balaban J connectivity index is 2.01. The first-order valence-corrected chi connectivity index (χ1v) is 7.40. The van der Waals surface area contributed by atoms with Gasteiger partial charge in [-0.2, -0.15) is 0 Å². The molecule has 0 N–H and O–H groups in total. The first-order chi connectivity index (χ1) is 9.25. The largest absolute Gasteiger partial charge is 0.328 e. The van der Waals surface area contributed by atoms with Gasteiger partial charge in [0.15, 0.2) is 0 Å². The molecule has 0 radical (unpaired) electrons. The summed E-state index contributed by atoms with van der Waals surface area (Å²) < 4.78 is 3.65. The summed E-state index contributed by atoms with van der Waals surface area (Å²) in [5.74, 6) is 0. The molecule has 104 valence electrons. The first-order valence-electron chi connectivity index (χ1n) is 7.40. The Bertz CT molecular complexity index is 580. The van der Waals surface area contributed by atoms with E-state index in [2.05, 4.69) is 6.92 Å². The predicted molar refractivity (Wildman–Crippen MR) is 80.6 cm³/mol. The second-order valence-corrected chi connectivity index (χ2v) is 5.25. The smallest absolute Gasteiger partial charge is 0.295 e. The molecule has 1 aromatic carbocycles. The zero-order valence-electron chi connectivity index (χ0n) is 12.1. The molecule has 1 heterocycles. The molecule has 0 bridgehead atoms. The van der Waals surface area contributed by atoms with Crippen molar-refractivity contribution >= 4 is 11.0 Å². The second-order valence-electron chi connectivity index (χ2n) is 5.25. The fourth-order valence-corrected chi connectivity index (χ4v) is 2.63. The number of aryl methyl sites for hydroxylation is 2. The van der Waals surface area contributed by atoms with Gasteiger partial charge < -0.3 is 0 Å². The number of rotatable bonds is 7. The molecule has 2 rings (SSSR count). The predicted octanol–water partition coefficient (Wildman–Crippen LogP) is 3.70. The number of nitrogens with zero attached hydrogens (tertiary/aromatic N) is 2.